The maximum Gasteiger partial charge on any atom is 0.237 e. The van der Waals surface area contributed by atoms with Gasteiger partial charge in [-0.15, -0.1) is 11.3 Å². The minimum Gasteiger partial charge on any atom is -0.324 e. The van der Waals surface area contributed by atoms with Crippen molar-refractivity contribution in [1.29, 1.82) is 5.26 Å². The van der Waals surface area contributed by atoms with Crippen LogP contribution >= 0.6 is 23.1 Å². The fraction of sp³-hybridized carbons (Fsp3) is 0.214. The molecule has 6 heteroatoms. The van der Waals surface area contributed by atoms with Gasteiger partial charge in [-0.1, -0.05) is 23.9 Å². The highest BCUT2D eigenvalue weighted by atomic mass is 32.2. The van der Waals surface area contributed by atoms with Gasteiger partial charge in [0, 0.05) is 11.1 Å². The topological polar surface area (TPSA) is 65.8 Å². The molecule has 1 amide bonds. The largest absolute Gasteiger partial charge is 0.324 e. The fourth-order valence-electron chi connectivity index (χ4n) is 1.52. The van der Waals surface area contributed by atoms with Crippen molar-refractivity contribution in [1.82, 2.24) is 4.98 Å². The summed E-state index contributed by atoms with van der Waals surface area (Å²) in [6.07, 6.45) is 0. The molecule has 0 aliphatic rings. The number of aryl methyl sites for hydroxylation is 1. The number of thiazole rings is 1. The number of benzene rings is 1. The molecule has 20 heavy (non-hydrogen) atoms. The summed E-state index contributed by atoms with van der Waals surface area (Å²) >= 11 is 2.95. The van der Waals surface area contributed by atoms with Crippen LogP contribution in [0.3, 0.4) is 0 Å². The Labute approximate surface area is 125 Å². The van der Waals surface area contributed by atoms with Crippen LogP contribution in [0.1, 0.15) is 18.2 Å². The lowest BCUT2D eigenvalue weighted by Crippen LogP contribution is -2.22. The van der Waals surface area contributed by atoms with Crippen LogP contribution in [-0.2, 0) is 4.79 Å². The number of hydrogen-bond acceptors (Lipinski definition) is 5. The van der Waals surface area contributed by atoms with Crippen molar-refractivity contribution < 1.29 is 4.79 Å². The second-order valence-electron chi connectivity index (χ2n) is 4.16. The summed E-state index contributed by atoms with van der Waals surface area (Å²) in [6.45, 7) is 3.75. The number of rotatable bonds is 4. The van der Waals surface area contributed by atoms with Crippen molar-refractivity contribution in [2.75, 3.05) is 5.32 Å². The second kappa shape index (κ2) is 6.55. The normalized spacial score (nSPS) is 11.7. The Morgan fingerprint density at radius 1 is 1.50 bits per heavy atom. The first kappa shape index (κ1) is 14.6. The van der Waals surface area contributed by atoms with Gasteiger partial charge in [0.15, 0.2) is 4.34 Å². The van der Waals surface area contributed by atoms with Gasteiger partial charge in [0.1, 0.15) is 6.07 Å². The maximum atomic E-state index is 12.1. The van der Waals surface area contributed by atoms with Gasteiger partial charge in [0.2, 0.25) is 5.91 Å². The molecular weight excluding hydrogens is 290 g/mol. The van der Waals surface area contributed by atoms with Gasteiger partial charge in [0.05, 0.1) is 16.5 Å². The molecule has 102 valence electrons. The molecule has 4 nitrogen and oxygen atoms in total. The summed E-state index contributed by atoms with van der Waals surface area (Å²) < 4.78 is 0.874. The Morgan fingerprint density at radius 2 is 2.25 bits per heavy atom. The third kappa shape index (κ3) is 3.59. The minimum absolute atomic E-state index is 0.134. The molecule has 2 aromatic rings. The number of aromatic nitrogens is 1. The van der Waals surface area contributed by atoms with Crippen molar-refractivity contribution in [3.8, 4) is 6.07 Å². The van der Waals surface area contributed by atoms with Crippen LogP contribution in [0.2, 0.25) is 0 Å². The van der Waals surface area contributed by atoms with Crippen LogP contribution in [-0.4, -0.2) is 16.1 Å². The first-order chi connectivity index (χ1) is 9.60. The van der Waals surface area contributed by atoms with E-state index in [2.05, 4.69) is 16.4 Å². The van der Waals surface area contributed by atoms with Gasteiger partial charge >= 0.3 is 0 Å². The van der Waals surface area contributed by atoms with Gasteiger partial charge < -0.3 is 5.32 Å². The highest BCUT2D eigenvalue weighted by molar-refractivity contribution is 8.02. The molecule has 1 atom stereocenters. The van der Waals surface area contributed by atoms with E-state index in [0.717, 1.165) is 10.0 Å². The predicted molar refractivity (Wildman–Crippen MR) is 82.0 cm³/mol. The molecule has 2 rings (SSSR count). The van der Waals surface area contributed by atoms with E-state index in [0.29, 0.717) is 11.3 Å². The fourth-order valence-corrected chi connectivity index (χ4v) is 3.50. The average molecular weight is 303 g/mol. The first-order valence-electron chi connectivity index (χ1n) is 5.99. The smallest absolute Gasteiger partial charge is 0.237 e. The number of hydrogen-bond donors (Lipinski definition) is 1. The average Bonchev–Trinajstić information content (AvgIpc) is 2.84. The number of nitriles is 1. The van der Waals surface area contributed by atoms with Gasteiger partial charge in [0.25, 0.3) is 0 Å². The Balaban J connectivity index is 2.02. The van der Waals surface area contributed by atoms with E-state index in [1.54, 1.807) is 24.3 Å². The summed E-state index contributed by atoms with van der Waals surface area (Å²) in [5.41, 5.74) is 1.96. The molecular formula is C14H13N3OS2. The third-order valence-corrected chi connectivity index (χ3v) is 4.74. The third-order valence-electron chi connectivity index (χ3n) is 2.55. The number of nitrogens with one attached hydrogen (secondary N) is 1. The van der Waals surface area contributed by atoms with E-state index >= 15 is 0 Å². The number of carbonyl (C=O) groups is 1. The van der Waals surface area contributed by atoms with Crippen molar-refractivity contribution >= 4 is 34.7 Å². The molecule has 0 bridgehead atoms. The van der Waals surface area contributed by atoms with Gasteiger partial charge in [-0.2, -0.15) is 5.26 Å². The molecule has 1 aromatic heterocycles. The standard InChI is InChI=1S/C14H13N3OS2/c1-9-8-19-14(16-9)20-10(2)13(18)17-12-6-4-3-5-11(12)7-15/h3-6,8,10H,1-2H3,(H,17,18)/t10-/m0/s1. The van der Waals surface area contributed by atoms with Crippen molar-refractivity contribution in [3.05, 3.63) is 40.9 Å². The van der Waals surface area contributed by atoms with Crippen LogP contribution < -0.4 is 5.32 Å². The number of nitrogens with zero attached hydrogens (tertiary/aromatic N) is 2. The molecule has 0 fully saturated rings. The second-order valence-corrected chi connectivity index (χ2v) is 6.61. The number of amides is 1. The Bertz CT molecular complexity index is 660. The molecule has 0 radical (unpaired) electrons. The van der Waals surface area contributed by atoms with Crippen molar-refractivity contribution in [2.45, 2.75) is 23.4 Å². The minimum atomic E-state index is -0.271. The van der Waals surface area contributed by atoms with Crippen LogP contribution in [0, 0.1) is 18.3 Å². The zero-order chi connectivity index (χ0) is 14.5. The zero-order valence-corrected chi connectivity index (χ0v) is 12.7. The number of anilines is 1. The molecule has 0 unspecified atom stereocenters. The summed E-state index contributed by atoms with van der Waals surface area (Å²) in [5, 5.41) is 13.5. The van der Waals surface area contributed by atoms with Crippen LogP contribution in [0.5, 0.6) is 0 Å². The Hall–Kier alpha value is -1.84. The highest BCUT2D eigenvalue weighted by Crippen LogP contribution is 2.27. The monoisotopic (exact) mass is 303 g/mol. The van der Waals surface area contributed by atoms with E-state index in [1.807, 2.05) is 19.2 Å². The lowest BCUT2D eigenvalue weighted by atomic mass is 10.2. The van der Waals surface area contributed by atoms with Crippen molar-refractivity contribution in [2.24, 2.45) is 0 Å². The van der Waals surface area contributed by atoms with Crippen LogP contribution in [0.4, 0.5) is 5.69 Å². The Morgan fingerprint density at radius 3 is 2.90 bits per heavy atom. The molecule has 0 aliphatic carbocycles. The van der Waals surface area contributed by atoms with E-state index < -0.39 is 0 Å². The quantitative estimate of drug-likeness (QED) is 0.879. The Kier molecular flexibility index (Phi) is 4.77. The number of carbonyl (C=O) groups excluding carboxylic acids is 1. The predicted octanol–water partition coefficient (Wildman–Crippen LogP) is 3.44. The van der Waals surface area contributed by atoms with E-state index in [9.17, 15) is 4.79 Å². The maximum absolute atomic E-state index is 12.1. The molecule has 1 aromatic carbocycles. The summed E-state index contributed by atoms with van der Waals surface area (Å²) in [5.74, 6) is -0.134. The lowest BCUT2D eigenvalue weighted by Gasteiger charge is -2.11. The van der Waals surface area contributed by atoms with Crippen LogP contribution in [0.15, 0.2) is 34.0 Å². The highest BCUT2D eigenvalue weighted by Gasteiger charge is 2.17. The molecule has 1 N–H and O–H groups in total. The summed E-state index contributed by atoms with van der Waals surface area (Å²) in [6, 6.07) is 9.02. The van der Waals surface area contributed by atoms with Gasteiger partial charge in [-0.3, -0.25) is 4.79 Å². The van der Waals surface area contributed by atoms with E-state index in [4.69, 9.17) is 5.26 Å². The van der Waals surface area contributed by atoms with Gasteiger partial charge in [-0.25, -0.2) is 4.98 Å². The van der Waals surface area contributed by atoms with E-state index in [-0.39, 0.29) is 11.2 Å². The number of thioether (sulfide) groups is 1. The van der Waals surface area contributed by atoms with Crippen LogP contribution in [0.25, 0.3) is 0 Å². The molecule has 0 saturated carbocycles. The van der Waals surface area contributed by atoms with Crippen molar-refractivity contribution in [3.63, 3.8) is 0 Å². The lowest BCUT2D eigenvalue weighted by molar-refractivity contribution is -0.115. The molecule has 0 aliphatic heterocycles. The molecule has 1 heterocycles. The number of para-hydroxylation sites is 1. The van der Waals surface area contributed by atoms with E-state index in [1.165, 1.54) is 23.1 Å². The molecule has 0 spiro atoms. The molecule has 0 saturated heterocycles. The summed E-state index contributed by atoms with van der Waals surface area (Å²) in [7, 11) is 0. The zero-order valence-electron chi connectivity index (χ0n) is 11.1. The van der Waals surface area contributed by atoms with Gasteiger partial charge in [-0.05, 0) is 26.0 Å². The first-order valence-corrected chi connectivity index (χ1v) is 7.75. The SMILES string of the molecule is Cc1csc(S[C@@H](C)C(=O)Nc2ccccc2C#N)n1. The summed E-state index contributed by atoms with van der Waals surface area (Å²) in [4.78, 5) is 16.5.